The van der Waals surface area contributed by atoms with Gasteiger partial charge >= 0.3 is 25.7 Å². The summed E-state index contributed by atoms with van der Waals surface area (Å²) in [6.45, 7) is 4.30. The van der Waals surface area contributed by atoms with Gasteiger partial charge in [-0.15, -0.1) is 0 Å². The largest absolute Gasteiger partial charge is 0.472 e. The van der Waals surface area contributed by atoms with Crippen LogP contribution < -0.4 is 0 Å². The van der Waals surface area contributed by atoms with E-state index in [0.717, 1.165) is 128 Å². The molecule has 0 aromatic heterocycles. The summed E-state index contributed by atoms with van der Waals surface area (Å²) in [6, 6.07) is 0. The Balaban J connectivity index is 4.84. The lowest BCUT2D eigenvalue weighted by Crippen LogP contribution is -2.30. The first-order valence-corrected chi connectivity index (χ1v) is 32.6. The van der Waals surface area contributed by atoms with E-state index in [2.05, 4.69) is 154 Å². The van der Waals surface area contributed by atoms with Crippen molar-refractivity contribution in [2.75, 3.05) is 26.4 Å². The Morgan fingerprint density at radius 1 is 0.362 bits per heavy atom. The van der Waals surface area contributed by atoms with E-state index < -0.39 is 57.8 Å². The lowest BCUT2D eigenvalue weighted by atomic mass is 10.1. The van der Waals surface area contributed by atoms with Crippen LogP contribution in [0.15, 0.2) is 134 Å². The van der Waals surface area contributed by atoms with Gasteiger partial charge in [0.2, 0.25) is 0 Å². The maximum absolute atomic E-state index is 13.0. The highest BCUT2D eigenvalue weighted by Gasteiger charge is 2.28. The van der Waals surface area contributed by atoms with E-state index in [1.807, 2.05) is 0 Å². The summed E-state index contributed by atoms with van der Waals surface area (Å²) in [4.78, 5) is 48.7. The van der Waals surface area contributed by atoms with Crippen molar-refractivity contribution < 1.29 is 52.2 Å². The van der Waals surface area contributed by atoms with Gasteiger partial charge in [0.05, 0.1) is 19.8 Å². The average Bonchev–Trinajstić information content (AvgIpc) is 3.45. The molecule has 11 nitrogen and oxygen atoms in total. The molecule has 0 amide bonds. The molecule has 0 saturated carbocycles. The van der Waals surface area contributed by atoms with Gasteiger partial charge in [0.15, 0.2) is 6.10 Å². The zero-order valence-electron chi connectivity index (χ0n) is 50.2. The van der Waals surface area contributed by atoms with E-state index in [1.54, 1.807) is 0 Å². The maximum Gasteiger partial charge on any atom is 0.472 e. The van der Waals surface area contributed by atoms with E-state index in [4.69, 9.17) is 23.3 Å². The van der Waals surface area contributed by atoms with Crippen LogP contribution in [0.5, 0.6) is 0 Å². The number of carbonyl (C=O) groups is 3. The number of hydrogen-bond donors (Lipinski definition) is 2. The number of ether oxygens (including phenoxy) is 3. The van der Waals surface area contributed by atoms with Crippen LogP contribution in [0.2, 0.25) is 0 Å². The fraction of sp³-hybridized carbons (Fsp3) is 0.632. The molecule has 12 heteroatoms. The average molecular weight is 1140 g/mol. The maximum atomic E-state index is 13.0. The summed E-state index contributed by atoms with van der Waals surface area (Å²) in [7, 11) is -4.78. The molecule has 454 valence electrons. The normalized spacial score (nSPS) is 14.2. The quantitative estimate of drug-likeness (QED) is 0.0197. The van der Waals surface area contributed by atoms with Gasteiger partial charge in [-0.05, 0) is 135 Å². The summed E-state index contributed by atoms with van der Waals surface area (Å²) in [5, 5.41) is 9.83. The smallest absolute Gasteiger partial charge is 0.462 e. The van der Waals surface area contributed by atoms with E-state index in [-0.39, 0.29) is 25.9 Å². The number of rotatable bonds is 56. The van der Waals surface area contributed by atoms with Crippen molar-refractivity contribution in [2.45, 2.75) is 251 Å². The predicted octanol–water partition coefficient (Wildman–Crippen LogP) is 18.9. The van der Waals surface area contributed by atoms with Gasteiger partial charge in [-0.1, -0.05) is 219 Å². The molecule has 0 aliphatic carbocycles. The lowest BCUT2D eigenvalue weighted by molar-refractivity contribution is -0.161. The Labute approximate surface area is 487 Å². The molecular weight excluding hydrogens is 1020 g/mol. The fourth-order valence-electron chi connectivity index (χ4n) is 7.87. The number of unbranched alkanes of at least 4 members (excludes halogenated alkanes) is 17. The lowest BCUT2D eigenvalue weighted by Gasteiger charge is -2.21. The molecule has 0 spiro atoms. The third-order valence-electron chi connectivity index (χ3n) is 12.5. The van der Waals surface area contributed by atoms with Gasteiger partial charge in [-0.3, -0.25) is 23.4 Å². The minimum absolute atomic E-state index is 0.116. The number of allylic oxidation sites excluding steroid dienone is 22. The Morgan fingerprint density at radius 3 is 1.04 bits per heavy atom. The van der Waals surface area contributed by atoms with E-state index >= 15 is 0 Å². The number of aliphatic hydroxyl groups is 1. The summed E-state index contributed by atoms with van der Waals surface area (Å²) >= 11 is 0. The minimum atomic E-state index is -4.78. The van der Waals surface area contributed by atoms with Crippen LogP contribution >= 0.6 is 7.82 Å². The molecule has 2 N–H and O–H groups in total. The van der Waals surface area contributed by atoms with Crippen molar-refractivity contribution in [2.24, 2.45) is 0 Å². The zero-order valence-corrected chi connectivity index (χ0v) is 51.1. The number of phosphoric acid groups is 1. The third kappa shape index (κ3) is 58.3. The van der Waals surface area contributed by atoms with Crippen molar-refractivity contribution in [3.8, 4) is 0 Å². The molecule has 0 aliphatic heterocycles. The monoisotopic (exact) mass is 1130 g/mol. The molecule has 3 atom stereocenters. The first-order chi connectivity index (χ1) is 39.2. The highest BCUT2D eigenvalue weighted by atomic mass is 31.2. The summed E-state index contributed by atoms with van der Waals surface area (Å²) in [6.07, 6.45) is 76.9. The molecule has 80 heavy (non-hydrogen) atoms. The van der Waals surface area contributed by atoms with Crippen molar-refractivity contribution in [3.05, 3.63) is 134 Å². The van der Waals surface area contributed by atoms with Crippen molar-refractivity contribution in [3.63, 3.8) is 0 Å². The van der Waals surface area contributed by atoms with Crippen LogP contribution in [-0.2, 0) is 42.2 Å². The summed E-state index contributed by atoms with van der Waals surface area (Å²) in [5.74, 6) is -1.56. The fourth-order valence-corrected chi connectivity index (χ4v) is 8.66. The van der Waals surface area contributed by atoms with Gasteiger partial charge in [-0.2, -0.15) is 0 Å². The minimum Gasteiger partial charge on any atom is -0.462 e. The number of aliphatic hydroxyl groups excluding tert-OH is 1. The molecule has 0 saturated heterocycles. The summed E-state index contributed by atoms with van der Waals surface area (Å²) in [5.41, 5.74) is 0. The van der Waals surface area contributed by atoms with Crippen LogP contribution in [0.4, 0.5) is 0 Å². The Bertz CT molecular complexity index is 1850. The molecule has 0 heterocycles. The van der Waals surface area contributed by atoms with E-state index in [0.29, 0.717) is 19.3 Å². The Morgan fingerprint density at radius 2 is 0.650 bits per heavy atom. The molecule has 0 bridgehead atoms. The molecule has 0 aromatic rings. The van der Waals surface area contributed by atoms with Crippen molar-refractivity contribution >= 4 is 25.7 Å². The standard InChI is InChI=1S/C68H111O11P/c1-4-7-10-13-16-19-22-25-28-30-32-34-37-39-42-45-48-51-54-57-66(70)75-61-65(79-68(72)59-56-53-50-47-44-41-38-35-33-31-29-26-23-20-17-14-11-8-5-2)63-77-80(73,74)76-62-64(60-69)78-67(71)58-55-52-49-46-43-40-36-27-24-21-18-15-12-9-6-3/h7,9-10,12,16-21,25-29,32,34,36,39,42-43,46,64-65,69H,4-6,8,11,13-15,22-24,30-31,33,35,37-38,40-41,44-45,47-63H2,1-3H3,(H,73,74)/b10-7-,12-9-,19-16-,20-17-,21-18-,28-25-,29-26-,34-32-,36-27-,42-39-,46-43-. The van der Waals surface area contributed by atoms with Gasteiger partial charge in [-0.25, -0.2) is 4.57 Å². The second kappa shape index (κ2) is 60.7. The Hall–Kier alpha value is -4.38. The van der Waals surface area contributed by atoms with Gasteiger partial charge in [0.1, 0.15) is 12.7 Å². The highest BCUT2D eigenvalue weighted by molar-refractivity contribution is 7.47. The number of carbonyl (C=O) groups excluding carboxylic acids is 3. The Kier molecular flexibility index (Phi) is 57.4. The van der Waals surface area contributed by atoms with Gasteiger partial charge in [0, 0.05) is 19.3 Å². The molecule has 0 aliphatic rings. The van der Waals surface area contributed by atoms with Crippen LogP contribution in [0.25, 0.3) is 0 Å². The van der Waals surface area contributed by atoms with Gasteiger partial charge in [0.25, 0.3) is 0 Å². The second-order valence-electron chi connectivity index (χ2n) is 20.1. The van der Waals surface area contributed by atoms with Crippen LogP contribution in [0.1, 0.15) is 239 Å². The molecule has 3 unspecified atom stereocenters. The molecule has 0 fully saturated rings. The molecule has 0 rings (SSSR count). The van der Waals surface area contributed by atoms with Crippen LogP contribution in [0, 0.1) is 0 Å². The second-order valence-corrected chi connectivity index (χ2v) is 21.6. The van der Waals surface area contributed by atoms with Crippen molar-refractivity contribution in [1.82, 2.24) is 0 Å². The van der Waals surface area contributed by atoms with E-state index in [1.165, 1.54) is 51.4 Å². The highest BCUT2D eigenvalue weighted by Crippen LogP contribution is 2.43. The first kappa shape index (κ1) is 75.6. The van der Waals surface area contributed by atoms with Crippen LogP contribution in [-0.4, -0.2) is 66.5 Å². The predicted molar refractivity (Wildman–Crippen MR) is 334 cm³/mol. The first-order valence-electron chi connectivity index (χ1n) is 31.1. The SMILES string of the molecule is CC/C=C\C/C=C\C/C=C\C/C=C\C/C=C\CCCCCC(=O)OCC(COP(=O)(O)OCC(CO)OC(=O)CCCC/C=C\C/C=C\C/C=C\C/C=C\CC)OC(=O)CCCCCCCCCCC/C=C\C/C=C\CCCCC. The molecular formula is C68H111O11P. The molecule has 0 aromatic carbocycles. The topological polar surface area (TPSA) is 155 Å². The molecule has 0 radical (unpaired) electrons. The van der Waals surface area contributed by atoms with E-state index in [9.17, 15) is 28.9 Å². The third-order valence-corrected chi connectivity index (χ3v) is 13.5. The number of hydrogen-bond acceptors (Lipinski definition) is 10. The van der Waals surface area contributed by atoms with Gasteiger partial charge < -0.3 is 24.2 Å². The van der Waals surface area contributed by atoms with Crippen molar-refractivity contribution in [1.29, 1.82) is 0 Å². The van der Waals surface area contributed by atoms with Crippen LogP contribution in [0.3, 0.4) is 0 Å². The summed E-state index contributed by atoms with van der Waals surface area (Å²) < 4.78 is 39.6. The zero-order chi connectivity index (χ0) is 58.3. The number of esters is 3. The number of phosphoric ester groups is 1.